The van der Waals surface area contributed by atoms with Crippen LogP contribution in [0.2, 0.25) is 0 Å². The zero-order valence-corrected chi connectivity index (χ0v) is 12.4. The van der Waals surface area contributed by atoms with E-state index < -0.39 is 15.8 Å². The third-order valence-corrected chi connectivity index (χ3v) is 5.61. The number of nitrogens with two attached hydrogens (primary N) is 1. The Morgan fingerprint density at radius 1 is 1.50 bits per heavy atom. The molecule has 1 fully saturated rings. The van der Waals surface area contributed by atoms with E-state index in [0.29, 0.717) is 18.7 Å². The summed E-state index contributed by atoms with van der Waals surface area (Å²) in [5.74, 6) is -0.369. The maximum absolute atomic E-state index is 13.1. The van der Waals surface area contributed by atoms with Gasteiger partial charge in [-0.25, -0.2) is 17.1 Å². The first kappa shape index (κ1) is 15.4. The number of nitrogens with zero attached hydrogens (tertiary/aromatic N) is 1. The van der Waals surface area contributed by atoms with Crippen LogP contribution in [0.5, 0.6) is 0 Å². The Balaban J connectivity index is 2.10. The molecule has 0 aliphatic carbocycles. The summed E-state index contributed by atoms with van der Waals surface area (Å²) in [5.41, 5.74) is 6.35. The predicted octanol–water partition coefficient (Wildman–Crippen LogP) is 1.71. The fourth-order valence-electron chi connectivity index (χ4n) is 2.58. The van der Waals surface area contributed by atoms with E-state index in [9.17, 15) is 12.8 Å². The highest BCUT2D eigenvalue weighted by molar-refractivity contribution is 7.88. The molecule has 0 bridgehead atoms. The van der Waals surface area contributed by atoms with Crippen LogP contribution in [0, 0.1) is 11.7 Å². The molecule has 0 amide bonds. The van der Waals surface area contributed by atoms with Gasteiger partial charge in [0.2, 0.25) is 10.0 Å². The van der Waals surface area contributed by atoms with Crippen molar-refractivity contribution in [3.8, 4) is 0 Å². The Hall–Kier alpha value is -0.980. The monoisotopic (exact) mass is 300 g/mol. The maximum Gasteiger partial charge on any atom is 0.218 e. The van der Waals surface area contributed by atoms with Gasteiger partial charge in [0.25, 0.3) is 0 Å². The van der Waals surface area contributed by atoms with Crippen LogP contribution in [-0.2, 0) is 15.8 Å². The van der Waals surface area contributed by atoms with Gasteiger partial charge < -0.3 is 5.73 Å². The molecule has 20 heavy (non-hydrogen) atoms. The number of hydrogen-bond acceptors (Lipinski definition) is 3. The van der Waals surface area contributed by atoms with E-state index in [4.69, 9.17) is 5.73 Å². The number of benzene rings is 1. The number of sulfonamides is 1. The summed E-state index contributed by atoms with van der Waals surface area (Å²) in [4.78, 5) is 0. The predicted molar refractivity (Wildman–Crippen MR) is 77.0 cm³/mol. The van der Waals surface area contributed by atoms with Crippen LogP contribution in [0.1, 0.15) is 25.3 Å². The molecule has 2 rings (SSSR count). The molecular weight excluding hydrogens is 279 g/mol. The summed E-state index contributed by atoms with van der Waals surface area (Å²) in [6.45, 7) is 2.91. The van der Waals surface area contributed by atoms with Crippen LogP contribution < -0.4 is 5.73 Å². The molecule has 0 radical (unpaired) electrons. The minimum Gasteiger partial charge on any atom is -0.328 e. The number of rotatable bonds is 4. The Morgan fingerprint density at radius 2 is 2.25 bits per heavy atom. The van der Waals surface area contributed by atoms with Crippen molar-refractivity contribution in [3.05, 3.63) is 35.6 Å². The first-order valence-corrected chi connectivity index (χ1v) is 8.47. The zero-order valence-electron chi connectivity index (χ0n) is 11.6. The average molecular weight is 300 g/mol. The SMILES string of the molecule is C[C@@H](N)[C@H]1CCCN(S(=O)(=O)Cc2cccc(F)c2)C1. The molecule has 1 heterocycles. The minimum absolute atomic E-state index is 0.0119. The number of hydrogen-bond donors (Lipinski definition) is 1. The molecule has 112 valence electrons. The Labute approximate surface area is 119 Å². The third kappa shape index (κ3) is 3.77. The van der Waals surface area contributed by atoms with Gasteiger partial charge in [-0.15, -0.1) is 0 Å². The van der Waals surface area contributed by atoms with Gasteiger partial charge in [-0.1, -0.05) is 12.1 Å². The van der Waals surface area contributed by atoms with Gasteiger partial charge in [-0.3, -0.25) is 0 Å². The second-order valence-corrected chi connectivity index (χ2v) is 7.47. The Bertz CT molecular complexity index is 560. The van der Waals surface area contributed by atoms with E-state index in [2.05, 4.69) is 0 Å². The Kier molecular flexibility index (Phi) is 4.78. The first-order valence-electron chi connectivity index (χ1n) is 6.86. The van der Waals surface area contributed by atoms with Crippen molar-refractivity contribution in [2.75, 3.05) is 13.1 Å². The molecule has 1 aliphatic heterocycles. The largest absolute Gasteiger partial charge is 0.328 e. The normalized spacial score (nSPS) is 22.6. The lowest BCUT2D eigenvalue weighted by atomic mass is 9.93. The van der Waals surface area contributed by atoms with Gasteiger partial charge >= 0.3 is 0 Å². The van der Waals surface area contributed by atoms with E-state index in [1.807, 2.05) is 6.92 Å². The molecule has 6 heteroatoms. The second kappa shape index (κ2) is 6.20. The minimum atomic E-state index is -3.41. The number of piperidine rings is 1. The van der Waals surface area contributed by atoms with E-state index >= 15 is 0 Å². The molecule has 1 aliphatic rings. The molecule has 2 atom stereocenters. The lowest BCUT2D eigenvalue weighted by molar-refractivity contribution is 0.243. The molecule has 1 saturated heterocycles. The van der Waals surface area contributed by atoms with Crippen LogP contribution in [0.3, 0.4) is 0 Å². The average Bonchev–Trinajstić information content (AvgIpc) is 2.38. The van der Waals surface area contributed by atoms with E-state index in [1.165, 1.54) is 22.5 Å². The highest BCUT2D eigenvalue weighted by atomic mass is 32.2. The number of halogens is 1. The highest BCUT2D eigenvalue weighted by Crippen LogP contribution is 2.23. The van der Waals surface area contributed by atoms with Crippen molar-refractivity contribution in [1.29, 1.82) is 0 Å². The maximum atomic E-state index is 13.1. The Morgan fingerprint density at radius 3 is 2.90 bits per heavy atom. The second-order valence-electron chi connectivity index (χ2n) is 5.51. The highest BCUT2D eigenvalue weighted by Gasteiger charge is 2.30. The van der Waals surface area contributed by atoms with E-state index in [1.54, 1.807) is 6.07 Å². The van der Waals surface area contributed by atoms with E-state index in [0.717, 1.165) is 12.8 Å². The van der Waals surface area contributed by atoms with Gasteiger partial charge in [0, 0.05) is 19.1 Å². The fourth-order valence-corrected chi connectivity index (χ4v) is 4.19. The topological polar surface area (TPSA) is 63.4 Å². The van der Waals surface area contributed by atoms with Crippen LogP contribution in [0.25, 0.3) is 0 Å². The molecule has 4 nitrogen and oxygen atoms in total. The standard InChI is InChI=1S/C14H21FN2O2S/c1-11(16)13-5-3-7-17(9-13)20(18,19)10-12-4-2-6-14(15)8-12/h2,4,6,8,11,13H,3,5,7,9-10,16H2,1H3/t11-,13+/m1/s1. The lowest BCUT2D eigenvalue weighted by Crippen LogP contribution is -2.45. The van der Waals surface area contributed by atoms with Gasteiger partial charge in [-0.2, -0.15) is 0 Å². The first-order chi connectivity index (χ1) is 9.38. The quantitative estimate of drug-likeness (QED) is 0.921. The van der Waals surface area contributed by atoms with Crippen molar-refractivity contribution in [1.82, 2.24) is 4.31 Å². The van der Waals surface area contributed by atoms with Crippen LogP contribution in [0.4, 0.5) is 4.39 Å². The van der Waals surface area contributed by atoms with Gasteiger partial charge in [0.1, 0.15) is 5.82 Å². The lowest BCUT2D eigenvalue weighted by Gasteiger charge is -2.33. The van der Waals surface area contributed by atoms with Crippen molar-refractivity contribution in [2.45, 2.75) is 31.6 Å². The molecule has 1 aromatic carbocycles. The summed E-state index contributed by atoms with van der Waals surface area (Å²) in [5, 5.41) is 0. The molecule has 2 N–H and O–H groups in total. The summed E-state index contributed by atoms with van der Waals surface area (Å²) < 4.78 is 39.4. The molecular formula is C14H21FN2O2S. The van der Waals surface area contributed by atoms with Crippen molar-refractivity contribution < 1.29 is 12.8 Å². The van der Waals surface area contributed by atoms with Gasteiger partial charge in [0.05, 0.1) is 5.75 Å². The summed E-state index contributed by atoms with van der Waals surface area (Å²) in [6.07, 6.45) is 1.79. The molecule has 0 saturated carbocycles. The van der Waals surface area contributed by atoms with Gasteiger partial charge in [-0.05, 0) is 43.4 Å². The fraction of sp³-hybridized carbons (Fsp3) is 0.571. The zero-order chi connectivity index (χ0) is 14.8. The molecule has 0 aromatic heterocycles. The smallest absolute Gasteiger partial charge is 0.218 e. The molecule has 1 aromatic rings. The van der Waals surface area contributed by atoms with Crippen LogP contribution >= 0.6 is 0 Å². The summed E-state index contributed by atoms with van der Waals surface area (Å²) >= 11 is 0. The van der Waals surface area contributed by atoms with Gasteiger partial charge in [0.15, 0.2) is 0 Å². The van der Waals surface area contributed by atoms with Crippen LogP contribution in [0.15, 0.2) is 24.3 Å². The van der Waals surface area contributed by atoms with Crippen molar-refractivity contribution >= 4 is 10.0 Å². The van der Waals surface area contributed by atoms with Crippen molar-refractivity contribution in [3.63, 3.8) is 0 Å². The van der Waals surface area contributed by atoms with Crippen molar-refractivity contribution in [2.24, 2.45) is 11.7 Å². The third-order valence-electron chi connectivity index (χ3n) is 3.80. The summed E-state index contributed by atoms with van der Waals surface area (Å²) in [7, 11) is -3.41. The summed E-state index contributed by atoms with van der Waals surface area (Å²) in [6, 6.07) is 5.73. The van der Waals surface area contributed by atoms with Crippen LogP contribution in [-0.4, -0.2) is 31.9 Å². The molecule has 0 unspecified atom stereocenters. The molecule has 0 spiro atoms. The van der Waals surface area contributed by atoms with E-state index in [-0.39, 0.29) is 17.7 Å².